The molecule has 0 aromatic heterocycles. The molecular formula is C37H45Cl3O8. The first-order valence-corrected chi connectivity index (χ1v) is 17.8. The minimum atomic E-state index is -1.50. The lowest BCUT2D eigenvalue weighted by Crippen LogP contribution is -2.28. The lowest BCUT2D eigenvalue weighted by Gasteiger charge is -2.17. The number of ether oxygens (including phenoxy) is 4. The summed E-state index contributed by atoms with van der Waals surface area (Å²) in [4.78, 5) is 52.4. The van der Waals surface area contributed by atoms with Gasteiger partial charge in [-0.3, -0.25) is 0 Å². The number of benzene rings is 2. The minimum Gasteiger partial charge on any atom is -0.462 e. The number of hydrogen-bond acceptors (Lipinski definition) is 8. The lowest BCUT2D eigenvalue weighted by atomic mass is 10.0. The molecule has 0 spiro atoms. The molecule has 2 aliphatic carbocycles. The number of unbranched alkanes of at least 4 members (excludes halogenated alkanes) is 4. The van der Waals surface area contributed by atoms with Crippen LogP contribution in [0.15, 0.2) is 12.1 Å². The predicted octanol–water partition coefficient (Wildman–Crippen LogP) is 10.1. The molecule has 0 N–H and O–H groups in total. The first kappa shape index (κ1) is 38.0. The molecule has 2 aromatic carbocycles. The number of halogens is 3. The number of rotatable bonds is 16. The third-order valence-electron chi connectivity index (χ3n) is 9.67. The molecule has 2 saturated carbocycles. The number of esters is 4. The SMILES string of the molecule is Cc1cc(Cl)c(OC(=O)C(=O)Oc2c(Cl)cc(Cl)c(C)c2C(=O)OCCCCCC2(C)CC2)c(C(=O)OCCCCCC2(C)CC2)c1C. The van der Waals surface area contributed by atoms with E-state index in [2.05, 4.69) is 13.8 Å². The van der Waals surface area contributed by atoms with E-state index >= 15 is 0 Å². The van der Waals surface area contributed by atoms with E-state index in [0.29, 0.717) is 34.8 Å². The van der Waals surface area contributed by atoms with Gasteiger partial charge in [0.15, 0.2) is 11.5 Å². The zero-order chi connectivity index (χ0) is 35.2. The van der Waals surface area contributed by atoms with Gasteiger partial charge in [-0.1, -0.05) is 74.3 Å². The van der Waals surface area contributed by atoms with E-state index in [-0.39, 0.29) is 50.7 Å². The highest BCUT2D eigenvalue weighted by atomic mass is 35.5. The second kappa shape index (κ2) is 16.3. The first-order chi connectivity index (χ1) is 22.6. The Balaban J connectivity index is 1.40. The Hall–Kier alpha value is -2.81. The molecule has 0 aliphatic heterocycles. The molecule has 0 atom stereocenters. The van der Waals surface area contributed by atoms with Gasteiger partial charge in [0.1, 0.15) is 11.1 Å². The van der Waals surface area contributed by atoms with Gasteiger partial charge >= 0.3 is 23.9 Å². The fourth-order valence-electron chi connectivity index (χ4n) is 5.57. The van der Waals surface area contributed by atoms with Gasteiger partial charge in [-0.2, -0.15) is 0 Å². The van der Waals surface area contributed by atoms with Crippen LogP contribution in [0, 0.1) is 31.6 Å². The molecule has 0 amide bonds. The van der Waals surface area contributed by atoms with Crippen molar-refractivity contribution in [2.45, 2.75) is 112 Å². The van der Waals surface area contributed by atoms with Crippen molar-refractivity contribution in [1.82, 2.24) is 0 Å². The number of hydrogen-bond donors (Lipinski definition) is 0. The van der Waals surface area contributed by atoms with Gasteiger partial charge in [-0.15, -0.1) is 0 Å². The number of carbonyl (C=O) groups is 4. The van der Waals surface area contributed by atoms with Crippen LogP contribution in [-0.4, -0.2) is 37.1 Å². The maximum Gasteiger partial charge on any atom is 0.423 e. The summed E-state index contributed by atoms with van der Waals surface area (Å²) in [6.45, 7) is 9.85. The molecule has 0 unspecified atom stereocenters. The standard InChI is InChI=1S/C37H45Cl3O8/c1-22-20-26(39)30(28(23(22)2)32(41)45-18-10-6-8-12-36(4)14-15-36)47-34(43)35(44)48-31-27(40)21-25(38)24(3)29(31)33(42)46-19-11-7-9-13-37(5)16-17-37/h20-21H,6-19H2,1-5H3. The van der Waals surface area contributed by atoms with Gasteiger partial charge < -0.3 is 18.9 Å². The van der Waals surface area contributed by atoms with E-state index in [1.54, 1.807) is 20.8 Å². The van der Waals surface area contributed by atoms with Crippen LogP contribution in [-0.2, 0) is 19.1 Å². The molecule has 262 valence electrons. The molecule has 0 bridgehead atoms. The molecule has 0 saturated heterocycles. The molecule has 48 heavy (non-hydrogen) atoms. The average molecular weight is 724 g/mol. The zero-order valence-electron chi connectivity index (χ0n) is 28.5. The van der Waals surface area contributed by atoms with E-state index in [0.717, 1.165) is 38.5 Å². The predicted molar refractivity (Wildman–Crippen MR) is 186 cm³/mol. The van der Waals surface area contributed by atoms with Gasteiger partial charge in [0.2, 0.25) is 0 Å². The lowest BCUT2D eigenvalue weighted by molar-refractivity contribution is -0.156. The van der Waals surface area contributed by atoms with Gasteiger partial charge in [0.05, 0.1) is 23.3 Å². The van der Waals surface area contributed by atoms with Crippen LogP contribution in [0.3, 0.4) is 0 Å². The van der Waals surface area contributed by atoms with Gasteiger partial charge in [-0.05, 0) is 112 Å². The fraction of sp³-hybridized carbons (Fsp3) is 0.568. The quantitative estimate of drug-likeness (QED) is 0.0729. The fourth-order valence-corrected chi connectivity index (χ4v) is 6.37. The van der Waals surface area contributed by atoms with Crippen molar-refractivity contribution in [1.29, 1.82) is 0 Å². The summed E-state index contributed by atoms with van der Waals surface area (Å²) in [7, 11) is 0. The summed E-state index contributed by atoms with van der Waals surface area (Å²) in [5.74, 6) is -5.25. The molecule has 2 aliphatic rings. The smallest absolute Gasteiger partial charge is 0.423 e. The zero-order valence-corrected chi connectivity index (χ0v) is 30.7. The second-order valence-corrected chi connectivity index (χ2v) is 15.2. The molecule has 2 fully saturated rings. The van der Waals surface area contributed by atoms with Crippen LogP contribution in [0.4, 0.5) is 0 Å². The number of carbonyl (C=O) groups excluding carboxylic acids is 4. The van der Waals surface area contributed by atoms with E-state index in [4.69, 9.17) is 53.8 Å². The highest BCUT2D eigenvalue weighted by molar-refractivity contribution is 6.38. The first-order valence-electron chi connectivity index (χ1n) is 16.7. The van der Waals surface area contributed by atoms with Crippen LogP contribution in [0.25, 0.3) is 0 Å². The number of aryl methyl sites for hydroxylation is 1. The highest BCUT2D eigenvalue weighted by Gasteiger charge is 2.37. The Morgan fingerprint density at radius 1 is 0.604 bits per heavy atom. The van der Waals surface area contributed by atoms with Gasteiger partial charge in [-0.25, -0.2) is 19.2 Å². The Morgan fingerprint density at radius 3 is 1.46 bits per heavy atom. The van der Waals surface area contributed by atoms with Crippen LogP contribution >= 0.6 is 34.8 Å². The largest absolute Gasteiger partial charge is 0.462 e. The summed E-state index contributed by atoms with van der Waals surface area (Å²) >= 11 is 19.0. The molecule has 4 rings (SSSR count). The summed E-state index contributed by atoms with van der Waals surface area (Å²) in [6, 6.07) is 2.81. The summed E-state index contributed by atoms with van der Waals surface area (Å²) in [5, 5.41) is -0.106. The Bertz CT molecular complexity index is 1440. The van der Waals surface area contributed by atoms with Crippen molar-refractivity contribution in [3.63, 3.8) is 0 Å². The van der Waals surface area contributed by atoms with E-state index < -0.39 is 29.6 Å². The monoisotopic (exact) mass is 722 g/mol. The van der Waals surface area contributed by atoms with Crippen LogP contribution in [0.2, 0.25) is 15.1 Å². The third kappa shape index (κ3) is 10.1. The van der Waals surface area contributed by atoms with Crippen LogP contribution in [0.1, 0.15) is 128 Å². The molecule has 0 heterocycles. The van der Waals surface area contributed by atoms with E-state index in [1.807, 2.05) is 0 Å². The van der Waals surface area contributed by atoms with Crippen molar-refractivity contribution in [3.05, 3.63) is 55.0 Å². The van der Waals surface area contributed by atoms with Crippen LogP contribution < -0.4 is 9.47 Å². The molecular weight excluding hydrogens is 679 g/mol. The normalized spacial score (nSPS) is 15.4. The van der Waals surface area contributed by atoms with Gasteiger partial charge in [0, 0.05) is 5.02 Å². The summed E-state index contributed by atoms with van der Waals surface area (Å²) in [5.41, 5.74) is 2.09. The van der Waals surface area contributed by atoms with Crippen LogP contribution in [0.5, 0.6) is 11.5 Å². The van der Waals surface area contributed by atoms with E-state index in [1.165, 1.54) is 37.8 Å². The third-order valence-corrected chi connectivity index (χ3v) is 10.6. The van der Waals surface area contributed by atoms with Gasteiger partial charge in [0.25, 0.3) is 0 Å². The maximum absolute atomic E-state index is 13.2. The van der Waals surface area contributed by atoms with Crippen molar-refractivity contribution >= 4 is 58.7 Å². The summed E-state index contributed by atoms with van der Waals surface area (Å²) < 4.78 is 21.6. The van der Waals surface area contributed by atoms with Crippen molar-refractivity contribution in [2.24, 2.45) is 10.8 Å². The van der Waals surface area contributed by atoms with Crippen molar-refractivity contribution in [2.75, 3.05) is 13.2 Å². The second-order valence-electron chi connectivity index (χ2n) is 14.0. The van der Waals surface area contributed by atoms with Crippen molar-refractivity contribution in [3.8, 4) is 11.5 Å². The molecule has 8 nitrogen and oxygen atoms in total. The minimum absolute atomic E-state index is 0.0671. The molecule has 0 radical (unpaired) electrons. The average Bonchev–Trinajstić information content (AvgIpc) is 3.96. The van der Waals surface area contributed by atoms with E-state index in [9.17, 15) is 19.2 Å². The molecule has 11 heteroatoms. The highest BCUT2D eigenvalue weighted by Crippen LogP contribution is 2.50. The summed E-state index contributed by atoms with van der Waals surface area (Å²) in [6.07, 6.45) is 12.7. The topological polar surface area (TPSA) is 105 Å². The Labute approximate surface area is 298 Å². The maximum atomic E-state index is 13.2. The van der Waals surface area contributed by atoms with Crippen molar-refractivity contribution < 1.29 is 38.1 Å². The molecule has 2 aromatic rings. The Morgan fingerprint density at radius 2 is 1.02 bits per heavy atom. The Kier molecular flexibility index (Phi) is 12.9.